The fourth-order valence-corrected chi connectivity index (χ4v) is 3.86. The summed E-state index contributed by atoms with van der Waals surface area (Å²) in [6.07, 6.45) is 18.0. The standard InChI is InChI=1S/C21H33N3/c1-3-5-7-8-10-20-23-15-19(16-24-20)21(17-22)13-11-18(12-14-21)9-6-4-2/h15-16,18H,3-14H2,1-2H3/t18-,21+. The molecule has 0 atom stereocenters. The summed E-state index contributed by atoms with van der Waals surface area (Å²) >= 11 is 0. The number of aromatic nitrogens is 2. The number of aryl methyl sites for hydroxylation is 1. The van der Waals surface area contributed by atoms with Gasteiger partial charge in [-0.15, -0.1) is 0 Å². The lowest BCUT2D eigenvalue weighted by Crippen LogP contribution is -2.30. The van der Waals surface area contributed by atoms with Crippen molar-refractivity contribution in [1.82, 2.24) is 9.97 Å². The van der Waals surface area contributed by atoms with Crippen LogP contribution in [-0.2, 0) is 11.8 Å². The molecular weight excluding hydrogens is 294 g/mol. The van der Waals surface area contributed by atoms with Gasteiger partial charge in [0.25, 0.3) is 0 Å². The first-order valence-corrected chi connectivity index (χ1v) is 9.96. The quantitative estimate of drug-likeness (QED) is 0.543. The van der Waals surface area contributed by atoms with Gasteiger partial charge in [-0.3, -0.25) is 0 Å². The van der Waals surface area contributed by atoms with Gasteiger partial charge < -0.3 is 0 Å². The third-order valence-corrected chi connectivity index (χ3v) is 5.65. The van der Waals surface area contributed by atoms with Gasteiger partial charge in [-0.05, 0) is 38.0 Å². The SMILES string of the molecule is CCCCCCc1ncc([C@]2(C#N)CC[C@H](CCCC)CC2)cn1. The molecule has 0 spiro atoms. The minimum Gasteiger partial charge on any atom is -0.241 e. The first-order chi connectivity index (χ1) is 11.7. The van der Waals surface area contributed by atoms with Crippen LogP contribution in [0, 0.1) is 17.2 Å². The van der Waals surface area contributed by atoms with Crippen LogP contribution in [0.15, 0.2) is 12.4 Å². The molecule has 1 aromatic heterocycles. The van der Waals surface area contributed by atoms with Gasteiger partial charge in [0.1, 0.15) is 5.82 Å². The van der Waals surface area contributed by atoms with E-state index in [1.165, 1.54) is 51.4 Å². The molecule has 0 amide bonds. The highest BCUT2D eigenvalue weighted by Gasteiger charge is 2.37. The number of nitrogens with zero attached hydrogens (tertiary/aromatic N) is 3. The first-order valence-electron chi connectivity index (χ1n) is 9.96. The largest absolute Gasteiger partial charge is 0.241 e. The van der Waals surface area contributed by atoms with Gasteiger partial charge in [-0.2, -0.15) is 5.26 Å². The van der Waals surface area contributed by atoms with E-state index in [0.29, 0.717) is 0 Å². The van der Waals surface area contributed by atoms with E-state index in [4.69, 9.17) is 0 Å². The molecule has 1 fully saturated rings. The highest BCUT2D eigenvalue weighted by molar-refractivity contribution is 5.29. The maximum atomic E-state index is 9.82. The van der Waals surface area contributed by atoms with Crippen LogP contribution in [0.4, 0.5) is 0 Å². The zero-order valence-electron chi connectivity index (χ0n) is 15.6. The zero-order chi connectivity index (χ0) is 17.3. The minimum atomic E-state index is -0.344. The molecule has 24 heavy (non-hydrogen) atoms. The molecule has 0 bridgehead atoms. The monoisotopic (exact) mass is 327 g/mol. The average Bonchev–Trinajstić information content (AvgIpc) is 2.64. The molecule has 0 radical (unpaired) electrons. The Morgan fingerprint density at radius 3 is 2.29 bits per heavy atom. The Labute approximate surface area is 147 Å². The van der Waals surface area contributed by atoms with E-state index in [9.17, 15) is 5.26 Å². The van der Waals surface area contributed by atoms with Gasteiger partial charge in [0, 0.05) is 24.4 Å². The van der Waals surface area contributed by atoms with Crippen LogP contribution in [0.1, 0.15) is 95.9 Å². The normalized spacial score (nSPS) is 23.8. The molecular formula is C21H33N3. The smallest absolute Gasteiger partial charge is 0.128 e. The number of hydrogen-bond acceptors (Lipinski definition) is 3. The zero-order valence-corrected chi connectivity index (χ0v) is 15.6. The van der Waals surface area contributed by atoms with Crippen molar-refractivity contribution in [3.05, 3.63) is 23.8 Å². The van der Waals surface area contributed by atoms with Gasteiger partial charge in [0.2, 0.25) is 0 Å². The second-order valence-electron chi connectivity index (χ2n) is 7.48. The summed E-state index contributed by atoms with van der Waals surface area (Å²) < 4.78 is 0. The second kappa shape index (κ2) is 9.77. The number of rotatable bonds is 9. The Hall–Kier alpha value is -1.43. The van der Waals surface area contributed by atoms with E-state index < -0.39 is 0 Å². The summed E-state index contributed by atoms with van der Waals surface area (Å²) in [6.45, 7) is 4.48. The fraction of sp³-hybridized carbons (Fsp3) is 0.762. The van der Waals surface area contributed by atoms with E-state index in [-0.39, 0.29) is 5.41 Å². The van der Waals surface area contributed by atoms with Gasteiger partial charge in [0.15, 0.2) is 0 Å². The molecule has 3 heteroatoms. The molecule has 0 aliphatic heterocycles. The number of nitriles is 1. The lowest BCUT2D eigenvalue weighted by molar-refractivity contribution is 0.262. The van der Waals surface area contributed by atoms with E-state index in [2.05, 4.69) is 29.9 Å². The number of unbranched alkanes of at least 4 members (excludes halogenated alkanes) is 4. The van der Waals surface area contributed by atoms with E-state index in [1.54, 1.807) is 0 Å². The maximum Gasteiger partial charge on any atom is 0.128 e. The molecule has 1 aromatic rings. The molecule has 132 valence electrons. The summed E-state index contributed by atoms with van der Waals surface area (Å²) in [5.74, 6) is 1.74. The van der Waals surface area contributed by atoms with Crippen molar-refractivity contribution in [1.29, 1.82) is 5.26 Å². The van der Waals surface area contributed by atoms with Crippen LogP contribution >= 0.6 is 0 Å². The Bertz CT molecular complexity index is 507. The third kappa shape index (κ3) is 5.03. The van der Waals surface area contributed by atoms with Crippen molar-refractivity contribution in [2.75, 3.05) is 0 Å². The molecule has 3 nitrogen and oxygen atoms in total. The van der Waals surface area contributed by atoms with Gasteiger partial charge >= 0.3 is 0 Å². The molecule has 0 N–H and O–H groups in total. The van der Waals surface area contributed by atoms with Crippen molar-refractivity contribution in [2.24, 2.45) is 5.92 Å². The van der Waals surface area contributed by atoms with E-state index in [0.717, 1.165) is 43.0 Å². The summed E-state index contributed by atoms with van der Waals surface area (Å²) in [5, 5.41) is 9.82. The van der Waals surface area contributed by atoms with Crippen molar-refractivity contribution in [2.45, 2.75) is 96.3 Å². The molecule has 1 aliphatic rings. The minimum absolute atomic E-state index is 0.344. The van der Waals surface area contributed by atoms with Crippen molar-refractivity contribution in [3.8, 4) is 6.07 Å². The van der Waals surface area contributed by atoms with Gasteiger partial charge in [-0.1, -0.05) is 52.4 Å². The maximum absolute atomic E-state index is 9.82. The molecule has 1 aliphatic carbocycles. The van der Waals surface area contributed by atoms with Crippen molar-refractivity contribution in [3.63, 3.8) is 0 Å². The third-order valence-electron chi connectivity index (χ3n) is 5.65. The first kappa shape index (κ1) is 18.9. The molecule has 0 unspecified atom stereocenters. The molecule has 2 rings (SSSR count). The summed E-state index contributed by atoms with van der Waals surface area (Å²) in [7, 11) is 0. The highest BCUT2D eigenvalue weighted by atomic mass is 14.9. The summed E-state index contributed by atoms with van der Waals surface area (Å²) in [4.78, 5) is 9.10. The lowest BCUT2D eigenvalue weighted by Gasteiger charge is -2.35. The predicted octanol–water partition coefficient (Wildman–Crippen LogP) is 5.74. The molecule has 1 saturated carbocycles. The summed E-state index contributed by atoms with van der Waals surface area (Å²) in [6, 6.07) is 2.61. The van der Waals surface area contributed by atoms with Crippen molar-refractivity contribution >= 4 is 0 Å². The van der Waals surface area contributed by atoms with Crippen molar-refractivity contribution < 1.29 is 0 Å². The molecule has 1 heterocycles. The van der Waals surface area contributed by atoms with Crippen LogP contribution in [0.3, 0.4) is 0 Å². The highest BCUT2D eigenvalue weighted by Crippen LogP contribution is 2.42. The van der Waals surface area contributed by atoms with Crippen LogP contribution in [-0.4, -0.2) is 9.97 Å². The second-order valence-corrected chi connectivity index (χ2v) is 7.48. The Balaban J connectivity index is 1.92. The summed E-state index contributed by atoms with van der Waals surface area (Å²) in [5.41, 5.74) is 0.694. The Morgan fingerprint density at radius 2 is 1.71 bits per heavy atom. The van der Waals surface area contributed by atoms with Crippen LogP contribution in [0.25, 0.3) is 0 Å². The van der Waals surface area contributed by atoms with Crippen LogP contribution < -0.4 is 0 Å². The molecule has 0 saturated heterocycles. The number of hydrogen-bond donors (Lipinski definition) is 0. The van der Waals surface area contributed by atoms with Crippen LogP contribution in [0.2, 0.25) is 0 Å². The van der Waals surface area contributed by atoms with E-state index >= 15 is 0 Å². The average molecular weight is 328 g/mol. The predicted molar refractivity (Wildman–Crippen MR) is 98.7 cm³/mol. The lowest BCUT2D eigenvalue weighted by atomic mass is 9.67. The Kier molecular flexibility index (Phi) is 7.69. The Morgan fingerprint density at radius 1 is 1.04 bits per heavy atom. The topological polar surface area (TPSA) is 49.6 Å². The van der Waals surface area contributed by atoms with Gasteiger partial charge in [0.05, 0.1) is 11.5 Å². The van der Waals surface area contributed by atoms with Crippen LogP contribution in [0.5, 0.6) is 0 Å². The fourth-order valence-electron chi connectivity index (χ4n) is 3.86. The van der Waals surface area contributed by atoms with E-state index in [1.807, 2.05) is 12.4 Å². The van der Waals surface area contributed by atoms with Gasteiger partial charge in [-0.25, -0.2) is 9.97 Å². The molecule has 0 aromatic carbocycles.